The van der Waals surface area contributed by atoms with Gasteiger partial charge in [0.2, 0.25) is 0 Å². The largest absolute Gasteiger partial charge is 0.508 e. The second kappa shape index (κ2) is 4.41. The van der Waals surface area contributed by atoms with Crippen LogP contribution in [-0.4, -0.2) is 30.5 Å². The average molecular weight is 253 g/mol. The molecule has 0 saturated carbocycles. The molecule has 5 heteroatoms. The molecule has 0 saturated heterocycles. The second-order valence-electron chi connectivity index (χ2n) is 4.28. The van der Waals surface area contributed by atoms with Crippen LogP contribution in [0.4, 0.5) is 0 Å². The van der Waals surface area contributed by atoms with Gasteiger partial charge in [-0.3, -0.25) is 0 Å². The van der Waals surface area contributed by atoms with Gasteiger partial charge in [-0.05, 0) is 36.6 Å². The zero-order valence-electron chi connectivity index (χ0n) is 9.60. The summed E-state index contributed by atoms with van der Waals surface area (Å²) in [5.41, 5.74) is 2.00. The van der Waals surface area contributed by atoms with Crippen LogP contribution >= 0.6 is 0 Å². The molecule has 1 heterocycles. The Morgan fingerprint density at radius 3 is 2.82 bits per heavy atom. The third-order valence-electron chi connectivity index (χ3n) is 2.71. The molecule has 17 heavy (non-hydrogen) atoms. The van der Waals surface area contributed by atoms with Crippen molar-refractivity contribution in [3.05, 3.63) is 30.0 Å². The van der Waals surface area contributed by atoms with Crippen molar-refractivity contribution in [3.63, 3.8) is 0 Å². The number of nitrogens with one attached hydrogen (secondary N) is 1. The van der Waals surface area contributed by atoms with Gasteiger partial charge >= 0.3 is 0 Å². The van der Waals surface area contributed by atoms with Gasteiger partial charge in [0, 0.05) is 23.4 Å². The first-order valence-electron chi connectivity index (χ1n) is 5.42. The maximum Gasteiger partial charge on any atom is 0.147 e. The number of aromatic hydroxyl groups is 1. The lowest BCUT2D eigenvalue weighted by Crippen LogP contribution is -2.03. The zero-order valence-corrected chi connectivity index (χ0v) is 10.4. The van der Waals surface area contributed by atoms with Gasteiger partial charge in [-0.2, -0.15) is 0 Å². The Labute approximate surface area is 100 Å². The number of rotatable bonds is 4. The Hall–Kier alpha value is -1.49. The molecule has 0 fully saturated rings. The monoisotopic (exact) mass is 253 g/mol. The zero-order chi connectivity index (χ0) is 12.5. The molecule has 4 nitrogen and oxygen atoms in total. The van der Waals surface area contributed by atoms with E-state index >= 15 is 0 Å². The predicted octanol–water partition coefficient (Wildman–Crippen LogP) is 1.85. The maximum absolute atomic E-state index is 11.0. The van der Waals surface area contributed by atoms with Crippen LogP contribution in [0.2, 0.25) is 0 Å². The summed E-state index contributed by atoms with van der Waals surface area (Å²) in [5, 5.41) is 10.4. The highest BCUT2D eigenvalue weighted by Crippen LogP contribution is 2.23. The fourth-order valence-corrected chi connectivity index (χ4v) is 2.57. The summed E-state index contributed by atoms with van der Waals surface area (Å²) < 4.78 is 22.1. The van der Waals surface area contributed by atoms with Crippen LogP contribution in [-0.2, 0) is 16.3 Å². The number of sulfone groups is 1. The van der Waals surface area contributed by atoms with Gasteiger partial charge in [0.15, 0.2) is 0 Å². The number of aromatic amines is 1. The lowest BCUT2D eigenvalue weighted by atomic mass is 10.1. The molecule has 1 aromatic heterocycles. The van der Waals surface area contributed by atoms with Crippen LogP contribution in [0, 0.1) is 0 Å². The number of aryl methyl sites for hydroxylation is 1. The van der Waals surface area contributed by atoms with Crippen LogP contribution in [0.1, 0.15) is 12.0 Å². The van der Waals surface area contributed by atoms with E-state index in [1.165, 1.54) is 6.26 Å². The van der Waals surface area contributed by atoms with Crippen molar-refractivity contribution >= 4 is 20.7 Å². The van der Waals surface area contributed by atoms with Crippen LogP contribution in [0.3, 0.4) is 0 Å². The smallest absolute Gasteiger partial charge is 0.147 e. The number of benzene rings is 1. The molecule has 0 radical (unpaired) electrons. The van der Waals surface area contributed by atoms with E-state index in [1.54, 1.807) is 12.1 Å². The fourth-order valence-electron chi connectivity index (χ4n) is 1.90. The molecule has 2 N–H and O–H groups in total. The molecule has 0 amide bonds. The van der Waals surface area contributed by atoms with Gasteiger partial charge < -0.3 is 10.1 Å². The predicted molar refractivity (Wildman–Crippen MR) is 68.0 cm³/mol. The molecule has 92 valence electrons. The van der Waals surface area contributed by atoms with Crippen LogP contribution < -0.4 is 0 Å². The highest BCUT2D eigenvalue weighted by molar-refractivity contribution is 7.90. The highest BCUT2D eigenvalue weighted by Gasteiger charge is 2.06. The minimum absolute atomic E-state index is 0.193. The Bertz CT molecular complexity index is 628. The Balaban J connectivity index is 2.16. The van der Waals surface area contributed by atoms with Crippen molar-refractivity contribution in [3.8, 4) is 5.75 Å². The molecule has 0 aliphatic carbocycles. The van der Waals surface area contributed by atoms with E-state index in [1.807, 2.05) is 12.3 Å². The number of hydrogen-bond acceptors (Lipinski definition) is 3. The highest BCUT2D eigenvalue weighted by atomic mass is 32.2. The second-order valence-corrected chi connectivity index (χ2v) is 6.54. The van der Waals surface area contributed by atoms with Crippen molar-refractivity contribution in [2.45, 2.75) is 12.8 Å². The topological polar surface area (TPSA) is 70.2 Å². The fraction of sp³-hybridized carbons (Fsp3) is 0.333. The number of aromatic nitrogens is 1. The number of fused-ring (bicyclic) bond motifs is 1. The first-order valence-corrected chi connectivity index (χ1v) is 7.48. The van der Waals surface area contributed by atoms with E-state index in [0.29, 0.717) is 12.8 Å². The first kappa shape index (κ1) is 12.0. The summed E-state index contributed by atoms with van der Waals surface area (Å²) in [5.74, 6) is 0.417. The van der Waals surface area contributed by atoms with Gasteiger partial charge in [0.05, 0.1) is 5.75 Å². The van der Waals surface area contributed by atoms with Crippen LogP contribution in [0.15, 0.2) is 24.4 Å². The van der Waals surface area contributed by atoms with Crippen LogP contribution in [0.25, 0.3) is 10.9 Å². The standard InChI is InChI=1S/C12H15NO3S/c1-17(15,16)6-2-3-9-8-13-12-5-4-10(14)7-11(9)12/h4-5,7-8,13-14H,2-3,6H2,1H3. The van der Waals surface area contributed by atoms with Crippen molar-refractivity contribution in [2.75, 3.05) is 12.0 Å². The normalized spacial score (nSPS) is 12.1. The van der Waals surface area contributed by atoms with E-state index in [9.17, 15) is 13.5 Å². The van der Waals surface area contributed by atoms with Crippen molar-refractivity contribution in [1.82, 2.24) is 4.98 Å². The molecule has 0 spiro atoms. The molecule has 1 aromatic carbocycles. The quantitative estimate of drug-likeness (QED) is 0.873. The lowest BCUT2D eigenvalue weighted by Gasteiger charge is -1.99. The number of H-pyrrole nitrogens is 1. The van der Waals surface area contributed by atoms with Gasteiger partial charge in [0.1, 0.15) is 15.6 Å². The molecule has 0 bridgehead atoms. The average Bonchev–Trinajstić information content (AvgIpc) is 2.59. The summed E-state index contributed by atoms with van der Waals surface area (Å²) in [6, 6.07) is 5.13. The minimum atomic E-state index is -2.90. The molecular weight excluding hydrogens is 238 g/mol. The van der Waals surface area contributed by atoms with E-state index in [0.717, 1.165) is 16.5 Å². The summed E-state index contributed by atoms with van der Waals surface area (Å²) in [4.78, 5) is 3.10. The number of phenolic OH excluding ortho intramolecular Hbond substituents is 1. The third kappa shape index (κ3) is 3.00. The number of phenols is 1. The van der Waals surface area contributed by atoms with E-state index in [-0.39, 0.29) is 11.5 Å². The van der Waals surface area contributed by atoms with Gasteiger partial charge in [-0.25, -0.2) is 8.42 Å². The Kier molecular flexibility index (Phi) is 3.11. The molecule has 2 rings (SSSR count). The van der Waals surface area contributed by atoms with Gasteiger partial charge in [-0.15, -0.1) is 0 Å². The molecular formula is C12H15NO3S. The Morgan fingerprint density at radius 2 is 2.12 bits per heavy atom. The van der Waals surface area contributed by atoms with Gasteiger partial charge in [0.25, 0.3) is 0 Å². The van der Waals surface area contributed by atoms with Crippen LogP contribution in [0.5, 0.6) is 5.75 Å². The first-order chi connectivity index (χ1) is 7.96. The van der Waals surface area contributed by atoms with Crippen molar-refractivity contribution < 1.29 is 13.5 Å². The molecule has 2 aromatic rings. The van der Waals surface area contributed by atoms with Crippen molar-refractivity contribution in [2.24, 2.45) is 0 Å². The molecule has 0 aliphatic rings. The van der Waals surface area contributed by atoms with E-state index in [4.69, 9.17) is 0 Å². The number of hydrogen-bond donors (Lipinski definition) is 2. The Morgan fingerprint density at radius 1 is 1.35 bits per heavy atom. The lowest BCUT2D eigenvalue weighted by molar-refractivity contribution is 0.476. The summed E-state index contributed by atoms with van der Waals surface area (Å²) in [7, 11) is -2.90. The van der Waals surface area contributed by atoms with E-state index < -0.39 is 9.84 Å². The third-order valence-corrected chi connectivity index (χ3v) is 3.74. The molecule has 0 atom stereocenters. The van der Waals surface area contributed by atoms with Gasteiger partial charge in [-0.1, -0.05) is 0 Å². The SMILES string of the molecule is CS(=O)(=O)CCCc1c[nH]c2ccc(O)cc12. The molecule has 0 unspecified atom stereocenters. The van der Waals surface area contributed by atoms with E-state index in [2.05, 4.69) is 4.98 Å². The molecule has 0 aliphatic heterocycles. The minimum Gasteiger partial charge on any atom is -0.508 e. The summed E-state index contributed by atoms with van der Waals surface area (Å²) in [6.45, 7) is 0. The summed E-state index contributed by atoms with van der Waals surface area (Å²) in [6.07, 6.45) is 4.40. The maximum atomic E-state index is 11.0. The van der Waals surface area contributed by atoms with Crippen molar-refractivity contribution in [1.29, 1.82) is 0 Å². The summed E-state index contributed by atoms with van der Waals surface area (Å²) >= 11 is 0.